The molecule has 0 aromatic heterocycles. The van der Waals surface area contributed by atoms with Crippen LogP contribution in [0.15, 0.2) is 12.1 Å². The van der Waals surface area contributed by atoms with Crippen LogP contribution in [-0.4, -0.2) is 24.1 Å². The molecule has 1 rings (SSSR count). The number of carbonyl (C=O) groups is 1. The SMILES string of the molecule is COC(=O)[C@H](C)Oc1cc(Cl)c(Cl)cc1[N+](=O)[O-]. The van der Waals surface area contributed by atoms with E-state index in [2.05, 4.69) is 4.74 Å². The molecule has 1 atom stereocenters. The third-order valence-electron chi connectivity index (χ3n) is 2.04. The molecule has 0 saturated heterocycles. The standard InChI is InChI=1S/C10H9Cl2NO5/c1-5(10(14)17-2)18-9-4-7(12)6(11)3-8(9)13(15)16/h3-5H,1-2H3/t5-/m0/s1. The molecule has 0 N–H and O–H groups in total. The molecule has 0 heterocycles. The molecule has 0 radical (unpaired) electrons. The molecule has 0 aliphatic rings. The number of esters is 1. The zero-order valence-corrected chi connectivity index (χ0v) is 11.0. The number of halogens is 2. The summed E-state index contributed by atoms with van der Waals surface area (Å²) in [6.45, 7) is 1.40. The van der Waals surface area contributed by atoms with Crippen molar-refractivity contribution in [2.75, 3.05) is 7.11 Å². The second-order valence-electron chi connectivity index (χ2n) is 3.27. The fourth-order valence-corrected chi connectivity index (χ4v) is 1.47. The van der Waals surface area contributed by atoms with E-state index >= 15 is 0 Å². The predicted molar refractivity (Wildman–Crippen MR) is 65.2 cm³/mol. The van der Waals surface area contributed by atoms with Crippen LogP contribution in [0.2, 0.25) is 10.0 Å². The molecule has 6 nitrogen and oxygen atoms in total. The molecule has 0 bridgehead atoms. The third kappa shape index (κ3) is 3.24. The molecular formula is C10H9Cl2NO5. The molecule has 18 heavy (non-hydrogen) atoms. The Hall–Kier alpha value is -1.53. The Labute approximate surface area is 113 Å². The second-order valence-corrected chi connectivity index (χ2v) is 4.09. The van der Waals surface area contributed by atoms with Crippen molar-refractivity contribution in [2.45, 2.75) is 13.0 Å². The highest BCUT2D eigenvalue weighted by Gasteiger charge is 2.23. The largest absolute Gasteiger partial charge is 0.472 e. The van der Waals surface area contributed by atoms with Gasteiger partial charge in [0, 0.05) is 12.1 Å². The molecule has 1 aromatic carbocycles. The fourth-order valence-electron chi connectivity index (χ4n) is 1.16. The van der Waals surface area contributed by atoms with Crippen molar-refractivity contribution in [3.63, 3.8) is 0 Å². The van der Waals surface area contributed by atoms with Crippen molar-refractivity contribution < 1.29 is 19.2 Å². The zero-order valence-electron chi connectivity index (χ0n) is 9.48. The average molecular weight is 294 g/mol. The molecule has 0 aliphatic heterocycles. The zero-order chi connectivity index (χ0) is 13.9. The molecule has 98 valence electrons. The van der Waals surface area contributed by atoms with Gasteiger partial charge in [-0.2, -0.15) is 0 Å². The number of rotatable bonds is 4. The number of carbonyl (C=O) groups excluding carboxylic acids is 1. The monoisotopic (exact) mass is 293 g/mol. The summed E-state index contributed by atoms with van der Waals surface area (Å²) in [5.41, 5.74) is -0.375. The highest BCUT2D eigenvalue weighted by molar-refractivity contribution is 6.42. The summed E-state index contributed by atoms with van der Waals surface area (Å²) in [7, 11) is 1.19. The van der Waals surface area contributed by atoms with Crippen LogP contribution in [-0.2, 0) is 9.53 Å². The van der Waals surface area contributed by atoms with Gasteiger partial charge in [0.05, 0.1) is 22.1 Å². The minimum atomic E-state index is -0.994. The summed E-state index contributed by atoms with van der Waals surface area (Å²) >= 11 is 11.4. The van der Waals surface area contributed by atoms with Gasteiger partial charge in [0.2, 0.25) is 0 Å². The number of hydrogen-bond acceptors (Lipinski definition) is 5. The molecule has 0 amide bonds. The summed E-state index contributed by atoms with van der Waals surface area (Å²) in [6, 6.07) is 2.24. The van der Waals surface area contributed by atoms with Crippen LogP contribution in [0.4, 0.5) is 5.69 Å². The quantitative estimate of drug-likeness (QED) is 0.484. The highest BCUT2D eigenvalue weighted by Crippen LogP contribution is 2.36. The number of ether oxygens (including phenoxy) is 2. The maximum Gasteiger partial charge on any atom is 0.346 e. The minimum Gasteiger partial charge on any atom is -0.472 e. The lowest BCUT2D eigenvalue weighted by molar-refractivity contribution is -0.386. The third-order valence-corrected chi connectivity index (χ3v) is 2.76. The van der Waals surface area contributed by atoms with E-state index in [0.717, 1.165) is 6.07 Å². The number of nitro benzene ring substituents is 1. The number of benzene rings is 1. The Kier molecular flexibility index (Phi) is 4.75. The van der Waals surface area contributed by atoms with Gasteiger partial charge in [0.15, 0.2) is 11.9 Å². The van der Waals surface area contributed by atoms with E-state index in [4.69, 9.17) is 27.9 Å². The van der Waals surface area contributed by atoms with Crippen LogP contribution in [0.3, 0.4) is 0 Å². The average Bonchev–Trinajstić information content (AvgIpc) is 2.31. The number of methoxy groups -OCH3 is 1. The van der Waals surface area contributed by atoms with E-state index in [-0.39, 0.29) is 21.5 Å². The lowest BCUT2D eigenvalue weighted by atomic mass is 10.3. The predicted octanol–water partition coefficient (Wildman–Crippen LogP) is 2.84. The van der Waals surface area contributed by atoms with Gasteiger partial charge in [0.25, 0.3) is 0 Å². The molecule has 0 spiro atoms. The number of hydrogen-bond donors (Lipinski definition) is 0. The molecule has 0 aliphatic carbocycles. The van der Waals surface area contributed by atoms with Crippen molar-refractivity contribution >= 4 is 34.9 Å². The first-order valence-corrected chi connectivity index (χ1v) is 5.50. The van der Waals surface area contributed by atoms with Gasteiger partial charge >= 0.3 is 11.7 Å². The van der Waals surface area contributed by atoms with Gasteiger partial charge in [-0.25, -0.2) is 4.79 Å². The van der Waals surface area contributed by atoms with Crippen LogP contribution < -0.4 is 4.74 Å². The molecular weight excluding hydrogens is 285 g/mol. The number of nitro groups is 1. The first kappa shape index (κ1) is 14.5. The van der Waals surface area contributed by atoms with Gasteiger partial charge < -0.3 is 9.47 Å². The fraction of sp³-hybridized carbons (Fsp3) is 0.300. The van der Waals surface area contributed by atoms with Crippen LogP contribution in [0.25, 0.3) is 0 Å². The Morgan fingerprint density at radius 2 is 1.94 bits per heavy atom. The Balaban J connectivity index is 3.11. The number of nitrogens with zero attached hydrogens (tertiary/aromatic N) is 1. The molecule has 0 saturated carbocycles. The molecule has 8 heteroatoms. The summed E-state index contributed by atoms with van der Waals surface area (Å²) < 4.78 is 9.58. The van der Waals surface area contributed by atoms with E-state index in [1.165, 1.54) is 20.1 Å². The second kappa shape index (κ2) is 5.88. The molecule has 0 fully saturated rings. The normalized spacial score (nSPS) is 11.8. The van der Waals surface area contributed by atoms with Crippen LogP contribution >= 0.6 is 23.2 Å². The maximum atomic E-state index is 11.2. The minimum absolute atomic E-state index is 0.0291. The maximum absolute atomic E-state index is 11.2. The Bertz CT molecular complexity index is 491. The first-order chi connectivity index (χ1) is 8.36. The summed E-state index contributed by atoms with van der Waals surface area (Å²) in [4.78, 5) is 21.3. The molecule has 1 aromatic rings. The summed E-state index contributed by atoms with van der Waals surface area (Å²) in [6.07, 6.45) is -0.994. The lowest BCUT2D eigenvalue weighted by Gasteiger charge is -2.12. The van der Waals surface area contributed by atoms with Crippen LogP contribution in [0.5, 0.6) is 5.75 Å². The van der Waals surface area contributed by atoms with Gasteiger partial charge in [0.1, 0.15) is 0 Å². The van der Waals surface area contributed by atoms with Gasteiger partial charge in [-0.1, -0.05) is 23.2 Å². The van der Waals surface area contributed by atoms with Crippen molar-refractivity contribution in [1.82, 2.24) is 0 Å². The van der Waals surface area contributed by atoms with Crippen molar-refractivity contribution in [3.05, 3.63) is 32.3 Å². The van der Waals surface area contributed by atoms with Gasteiger partial charge in [-0.15, -0.1) is 0 Å². The first-order valence-electron chi connectivity index (χ1n) is 4.74. The van der Waals surface area contributed by atoms with E-state index in [9.17, 15) is 14.9 Å². The summed E-state index contributed by atoms with van der Waals surface area (Å²) in [5, 5.41) is 10.9. The van der Waals surface area contributed by atoms with Gasteiger partial charge in [-0.05, 0) is 6.92 Å². The van der Waals surface area contributed by atoms with Crippen LogP contribution in [0, 0.1) is 10.1 Å². The molecule has 0 unspecified atom stereocenters. The van der Waals surface area contributed by atoms with Gasteiger partial charge in [-0.3, -0.25) is 10.1 Å². The van der Waals surface area contributed by atoms with E-state index in [1.807, 2.05) is 0 Å². The van der Waals surface area contributed by atoms with E-state index < -0.39 is 17.0 Å². The Morgan fingerprint density at radius 1 is 1.39 bits per heavy atom. The van der Waals surface area contributed by atoms with E-state index in [1.54, 1.807) is 0 Å². The van der Waals surface area contributed by atoms with Crippen molar-refractivity contribution in [3.8, 4) is 5.75 Å². The highest BCUT2D eigenvalue weighted by atomic mass is 35.5. The topological polar surface area (TPSA) is 78.7 Å². The smallest absolute Gasteiger partial charge is 0.346 e. The lowest BCUT2D eigenvalue weighted by Crippen LogP contribution is -2.25. The van der Waals surface area contributed by atoms with Crippen molar-refractivity contribution in [1.29, 1.82) is 0 Å². The Morgan fingerprint density at radius 3 is 2.44 bits per heavy atom. The van der Waals surface area contributed by atoms with Crippen molar-refractivity contribution in [2.24, 2.45) is 0 Å². The van der Waals surface area contributed by atoms with Crippen LogP contribution in [0.1, 0.15) is 6.92 Å². The van der Waals surface area contributed by atoms with E-state index in [0.29, 0.717) is 0 Å². The summed E-state index contributed by atoms with van der Waals surface area (Å²) in [5.74, 6) is -0.803.